The van der Waals surface area contributed by atoms with Crippen LogP contribution in [0.5, 0.6) is 5.75 Å². The monoisotopic (exact) mass is 369 g/mol. The van der Waals surface area contributed by atoms with Gasteiger partial charge in [0.05, 0.1) is 11.1 Å². The maximum Gasteiger partial charge on any atom is 0.267 e. The van der Waals surface area contributed by atoms with E-state index in [2.05, 4.69) is 0 Å². The Kier molecular flexibility index (Phi) is 4.95. The Morgan fingerprint density at radius 2 is 1.62 bits per heavy atom. The van der Waals surface area contributed by atoms with Gasteiger partial charge in [-0.2, -0.15) is 0 Å². The van der Waals surface area contributed by atoms with E-state index < -0.39 is 10.0 Å². The minimum atomic E-state index is -3.81. The molecule has 0 fully saturated rings. The van der Waals surface area contributed by atoms with Crippen LogP contribution < -0.4 is 10.2 Å². The summed E-state index contributed by atoms with van der Waals surface area (Å²) in [7, 11) is -3.81. The van der Waals surface area contributed by atoms with Gasteiger partial charge < -0.3 is 4.74 Å². The molecule has 26 heavy (non-hydrogen) atoms. The summed E-state index contributed by atoms with van der Waals surface area (Å²) in [5.74, 6) is -0.00450. The number of nitrogens with zero attached hydrogens (tertiary/aromatic N) is 1. The third-order valence-corrected chi connectivity index (χ3v) is 5.76. The SMILES string of the molecule is Cc1ccc(S(=O)(=O)n2cc(OCc3ccccc3)c(=O)cc2C)cc1. The van der Waals surface area contributed by atoms with Crippen LogP contribution in [0.2, 0.25) is 0 Å². The van der Waals surface area contributed by atoms with Crippen molar-refractivity contribution in [3.05, 3.63) is 93.9 Å². The van der Waals surface area contributed by atoms with Gasteiger partial charge in [0.25, 0.3) is 10.0 Å². The van der Waals surface area contributed by atoms with Gasteiger partial charge in [-0.1, -0.05) is 48.0 Å². The molecule has 0 amide bonds. The number of ether oxygens (including phenoxy) is 1. The minimum absolute atomic E-state index is 0.00450. The molecule has 0 spiro atoms. The highest BCUT2D eigenvalue weighted by Gasteiger charge is 2.19. The molecular weight excluding hydrogens is 350 g/mol. The van der Waals surface area contributed by atoms with Gasteiger partial charge >= 0.3 is 0 Å². The van der Waals surface area contributed by atoms with E-state index in [1.54, 1.807) is 31.2 Å². The van der Waals surface area contributed by atoms with Crippen LogP contribution >= 0.6 is 0 Å². The van der Waals surface area contributed by atoms with Gasteiger partial charge in [0.1, 0.15) is 6.61 Å². The Morgan fingerprint density at radius 1 is 0.962 bits per heavy atom. The van der Waals surface area contributed by atoms with Crippen LogP contribution in [0.15, 0.2) is 76.6 Å². The molecule has 134 valence electrons. The molecule has 0 unspecified atom stereocenters. The molecule has 1 heterocycles. The summed E-state index contributed by atoms with van der Waals surface area (Å²) in [4.78, 5) is 12.3. The molecule has 0 aliphatic heterocycles. The van der Waals surface area contributed by atoms with E-state index in [4.69, 9.17) is 4.74 Å². The van der Waals surface area contributed by atoms with Gasteiger partial charge in [-0.3, -0.25) is 4.79 Å². The number of hydrogen-bond acceptors (Lipinski definition) is 4. The van der Waals surface area contributed by atoms with Gasteiger partial charge in [-0.05, 0) is 31.5 Å². The molecule has 6 heteroatoms. The summed E-state index contributed by atoms with van der Waals surface area (Å²) in [6.45, 7) is 3.65. The van der Waals surface area contributed by atoms with Crippen molar-refractivity contribution in [3.63, 3.8) is 0 Å². The van der Waals surface area contributed by atoms with E-state index in [1.807, 2.05) is 37.3 Å². The molecule has 3 rings (SSSR count). The molecule has 0 saturated heterocycles. The second-order valence-electron chi connectivity index (χ2n) is 6.03. The molecule has 0 aliphatic rings. The maximum atomic E-state index is 12.9. The zero-order valence-corrected chi connectivity index (χ0v) is 15.4. The second-order valence-corrected chi connectivity index (χ2v) is 7.85. The zero-order chi connectivity index (χ0) is 18.7. The van der Waals surface area contributed by atoms with Gasteiger partial charge in [-0.25, -0.2) is 12.4 Å². The molecule has 0 N–H and O–H groups in total. The maximum absolute atomic E-state index is 12.9. The minimum Gasteiger partial charge on any atom is -0.483 e. The fraction of sp³-hybridized carbons (Fsp3) is 0.150. The van der Waals surface area contributed by atoms with Crippen molar-refractivity contribution in [2.24, 2.45) is 0 Å². The molecule has 0 aliphatic carbocycles. The Labute approximate surface area is 152 Å². The first-order valence-corrected chi connectivity index (χ1v) is 9.54. The number of aryl methyl sites for hydroxylation is 2. The molecule has 0 saturated carbocycles. The molecule has 0 radical (unpaired) electrons. The van der Waals surface area contributed by atoms with Gasteiger partial charge in [0.15, 0.2) is 5.75 Å². The Balaban J connectivity index is 1.97. The van der Waals surface area contributed by atoms with E-state index in [0.717, 1.165) is 15.1 Å². The third kappa shape index (κ3) is 3.70. The largest absolute Gasteiger partial charge is 0.483 e. The molecule has 3 aromatic rings. The van der Waals surface area contributed by atoms with Crippen molar-refractivity contribution in [1.82, 2.24) is 3.97 Å². The average molecular weight is 369 g/mol. The summed E-state index contributed by atoms with van der Waals surface area (Å²) in [6, 6.07) is 17.2. The number of aromatic nitrogens is 1. The molecule has 1 aromatic heterocycles. The molecule has 0 bridgehead atoms. The van der Waals surface area contributed by atoms with Crippen LogP contribution in [-0.2, 0) is 16.6 Å². The van der Waals surface area contributed by atoms with Gasteiger partial charge in [-0.15, -0.1) is 0 Å². The van der Waals surface area contributed by atoms with E-state index in [1.165, 1.54) is 12.3 Å². The highest BCUT2D eigenvalue weighted by Crippen LogP contribution is 2.18. The predicted molar refractivity (Wildman–Crippen MR) is 100.0 cm³/mol. The topological polar surface area (TPSA) is 65.4 Å². The Hall–Kier alpha value is -2.86. The molecular formula is C20H19NO4S. The van der Waals surface area contributed by atoms with Crippen LogP contribution in [0, 0.1) is 13.8 Å². The highest BCUT2D eigenvalue weighted by atomic mass is 32.2. The summed E-state index contributed by atoms with van der Waals surface area (Å²) >= 11 is 0. The van der Waals surface area contributed by atoms with Crippen LogP contribution in [0.25, 0.3) is 0 Å². The van der Waals surface area contributed by atoms with Crippen molar-refractivity contribution < 1.29 is 13.2 Å². The van der Waals surface area contributed by atoms with Gasteiger partial charge in [0.2, 0.25) is 5.43 Å². The lowest BCUT2D eigenvalue weighted by Gasteiger charge is -2.14. The van der Waals surface area contributed by atoms with Crippen LogP contribution in [0.4, 0.5) is 0 Å². The quantitative estimate of drug-likeness (QED) is 0.692. The summed E-state index contributed by atoms with van der Waals surface area (Å²) in [5.41, 5.74) is 1.82. The highest BCUT2D eigenvalue weighted by molar-refractivity contribution is 7.90. The van der Waals surface area contributed by atoms with E-state index >= 15 is 0 Å². The first-order chi connectivity index (χ1) is 12.4. The van der Waals surface area contributed by atoms with Crippen molar-refractivity contribution in [2.45, 2.75) is 25.3 Å². The van der Waals surface area contributed by atoms with Crippen molar-refractivity contribution >= 4 is 10.0 Å². The molecule has 5 nitrogen and oxygen atoms in total. The molecule has 2 aromatic carbocycles. The summed E-state index contributed by atoms with van der Waals surface area (Å²) in [6.07, 6.45) is 1.25. The van der Waals surface area contributed by atoms with Crippen LogP contribution in [0.1, 0.15) is 16.8 Å². The van der Waals surface area contributed by atoms with Crippen LogP contribution in [-0.4, -0.2) is 12.4 Å². The second kappa shape index (κ2) is 7.17. The van der Waals surface area contributed by atoms with E-state index in [-0.39, 0.29) is 22.7 Å². The van der Waals surface area contributed by atoms with E-state index in [0.29, 0.717) is 5.69 Å². The molecule has 0 atom stereocenters. The van der Waals surface area contributed by atoms with Crippen molar-refractivity contribution in [1.29, 1.82) is 0 Å². The third-order valence-electron chi connectivity index (χ3n) is 3.98. The number of benzene rings is 2. The number of rotatable bonds is 5. The fourth-order valence-corrected chi connectivity index (χ4v) is 3.90. The normalized spacial score (nSPS) is 11.3. The van der Waals surface area contributed by atoms with Crippen molar-refractivity contribution in [2.75, 3.05) is 0 Å². The lowest BCUT2D eigenvalue weighted by atomic mass is 10.2. The number of pyridine rings is 1. The van der Waals surface area contributed by atoms with E-state index in [9.17, 15) is 13.2 Å². The summed E-state index contributed by atoms with van der Waals surface area (Å²) in [5, 5.41) is 0. The predicted octanol–water partition coefficient (Wildman–Crippen LogP) is 3.28. The zero-order valence-electron chi connectivity index (χ0n) is 14.5. The Morgan fingerprint density at radius 3 is 2.27 bits per heavy atom. The first-order valence-electron chi connectivity index (χ1n) is 8.10. The van der Waals surface area contributed by atoms with Gasteiger partial charge in [0, 0.05) is 11.8 Å². The fourth-order valence-electron chi connectivity index (χ4n) is 2.52. The lowest BCUT2D eigenvalue weighted by molar-refractivity contribution is 0.301. The smallest absolute Gasteiger partial charge is 0.267 e. The standard InChI is InChI=1S/C20H19NO4S/c1-15-8-10-18(11-9-15)26(23,24)21-13-20(19(22)12-16(21)2)25-14-17-6-4-3-5-7-17/h3-13H,14H2,1-2H3. The van der Waals surface area contributed by atoms with Crippen molar-refractivity contribution in [3.8, 4) is 5.75 Å². The lowest BCUT2D eigenvalue weighted by Crippen LogP contribution is -2.20. The first kappa shape index (κ1) is 17.9. The Bertz CT molecular complexity index is 1070. The average Bonchev–Trinajstić information content (AvgIpc) is 2.62. The number of hydrogen-bond donors (Lipinski definition) is 0. The van der Waals surface area contributed by atoms with Crippen LogP contribution in [0.3, 0.4) is 0 Å². The summed E-state index contributed by atoms with van der Waals surface area (Å²) < 4.78 is 32.5.